The molecule has 3 atom stereocenters. The van der Waals surface area contributed by atoms with Gasteiger partial charge in [-0.2, -0.15) is 0 Å². The zero-order valence-corrected chi connectivity index (χ0v) is 12.1. The Kier molecular flexibility index (Phi) is 3.79. The highest BCUT2D eigenvalue weighted by molar-refractivity contribution is 8.02. The third-order valence-electron chi connectivity index (χ3n) is 5.23. The number of fused-ring (bicyclic) bond motifs is 2. The van der Waals surface area contributed by atoms with E-state index in [2.05, 4.69) is 18.6 Å². The number of carbonyl (C=O) groups excluding carboxylic acids is 1. The van der Waals surface area contributed by atoms with E-state index in [0.29, 0.717) is 5.92 Å². The minimum atomic E-state index is -0.324. The first kappa shape index (κ1) is 13.9. The molecule has 102 valence electrons. The number of thioether (sulfide) groups is 1. The standard InChI is InChI=1S/C14H22O3S/c1-13(2)10-4-6-14(13,11(15)8-10)9-18-7-5-12(16)17-3/h5,7,10-11,15H,4,6,8-9H2,1-3H3/b7-5+/t10-,11-,14-/m1/s1. The number of aliphatic hydroxyl groups excluding tert-OH is 1. The van der Waals surface area contributed by atoms with Crippen LogP contribution in [0, 0.1) is 16.7 Å². The second-order valence-electron chi connectivity index (χ2n) is 6.00. The number of rotatable bonds is 4. The van der Waals surface area contributed by atoms with Crippen molar-refractivity contribution in [1.82, 2.24) is 0 Å². The van der Waals surface area contributed by atoms with Crippen molar-refractivity contribution in [2.75, 3.05) is 12.9 Å². The number of aliphatic hydroxyl groups is 1. The number of esters is 1. The van der Waals surface area contributed by atoms with Gasteiger partial charge < -0.3 is 9.84 Å². The van der Waals surface area contributed by atoms with Crippen molar-refractivity contribution in [1.29, 1.82) is 0 Å². The highest BCUT2D eigenvalue weighted by Crippen LogP contribution is 2.66. The Hall–Kier alpha value is -0.480. The Morgan fingerprint density at radius 1 is 1.56 bits per heavy atom. The van der Waals surface area contributed by atoms with Crippen molar-refractivity contribution in [2.24, 2.45) is 16.7 Å². The van der Waals surface area contributed by atoms with Crippen LogP contribution in [0.25, 0.3) is 0 Å². The molecular formula is C14H22O3S. The smallest absolute Gasteiger partial charge is 0.330 e. The minimum absolute atomic E-state index is 0.0167. The van der Waals surface area contributed by atoms with Gasteiger partial charge in [0.15, 0.2) is 0 Å². The maximum Gasteiger partial charge on any atom is 0.330 e. The molecule has 2 aliphatic carbocycles. The van der Waals surface area contributed by atoms with Crippen LogP contribution in [0.5, 0.6) is 0 Å². The topological polar surface area (TPSA) is 46.5 Å². The zero-order chi connectivity index (χ0) is 13.4. The molecule has 2 bridgehead atoms. The van der Waals surface area contributed by atoms with Crippen LogP contribution in [0.1, 0.15) is 33.1 Å². The second-order valence-corrected chi connectivity index (χ2v) is 6.90. The summed E-state index contributed by atoms with van der Waals surface area (Å²) in [6.45, 7) is 4.57. The van der Waals surface area contributed by atoms with Crippen molar-refractivity contribution in [3.05, 3.63) is 11.5 Å². The summed E-state index contributed by atoms with van der Waals surface area (Å²) in [5, 5.41) is 12.1. The van der Waals surface area contributed by atoms with Gasteiger partial charge in [-0.3, -0.25) is 0 Å². The zero-order valence-electron chi connectivity index (χ0n) is 11.3. The van der Waals surface area contributed by atoms with E-state index in [0.717, 1.165) is 18.6 Å². The van der Waals surface area contributed by atoms with Gasteiger partial charge >= 0.3 is 5.97 Å². The molecule has 0 aromatic heterocycles. The predicted molar refractivity (Wildman–Crippen MR) is 73.2 cm³/mol. The third-order valence-corrected chi connectivity index (χ3v) is 6.24. The fourth-order valence-corrected chi connectivity index (χ4v) is 5.06. The molecule has 0 unspecified atom stereocenters. The average molecular weight is 270 g/mol. The highest BCUT2D eigenvalue weighted by atomic mass is 32.2. The molecule has 0 aromatic rings. The molecule has 0 radical (unpaired) electrons. The SMILES string of the molecule is COC(=O)/C=C/SC[C@]12CC[C@H](C[C@H]1O)C2(C)C. The number of hydrogen-bond acceptors (Lipinski definition) is 4. The number of methoxy groups -OCH3 is 1. The highest BCUT2D eigenvalue weighted by Gasteiger charge is 2.63. The van der Waals surface area contributed by atoms with E-state index in [1.165, 1.54) is 19.6 Å². The molecule has 0 saturated heterocycles. The van der Waals surface area contributed by atoms with Gasteiger partial charge in [0.05, 0.1) is 13.2 Å². The van der Waals surface area contributed by atoms with E-state index >= 15 is 0 Å². The van der Waals surface area contributed by atoms with Crippen LogP contribution in [0.3, 0.4) is 0 Å². The van der Waals surface area contributed by atoms with E-state index in [1.54, 1.807) is 17.2 Å². The molecule has 0 aromatic carbocycles. The summed E-state index contributed by atoms with van der Waals surface area (Å²) in [5.41, 5.74) is 0.224. The summed E-state index contributed by atoms with van der Waals surface area (Å²) in [7, 11) is 1.38. The van der Waals surface area contributed by atoms with Gasteiger partial charge in [0.1, 0.15) is 0 Å². The molecule has 0 amide bonds. The van der Waals surface area contributed by atoms with Crippen LogP contribution in [-0.2, 0) is 9.53 Å². The summed E-state index contributed by atoms with van der Waals surface area (Å²) in [5.74, 6) is 1.21. The molecule has 4 heteroatoms. The average Bonchev–Trinajstić information content (AvgIpc) is 2.68. The minimum Gasteiger partial charge on any atom is -0.466 e. The number of hydrogen-bond donors (Lipinski definition) is 1. The van der Waals surface area contributed by atoms with Crippen LogP contribution in [0.15, 0.2) is 11.5 Å². The molecular weight excluding hydrogens is 248 g/mol. The predicted octanol–water partition coefficient (Wildman–Crippen LogP) is 2.59. The molecule has 2 fully saturated rings. The molecule has 2 saturated carbocycles. The van der Waals surface area contributed by atoms with Gasteiger partial charge in [0.25, 0.3) is 0 Å². The summed E-state index contributed by atoms with van der Waals surface area (Å²) in [6, 6.07) is 0. The number of carbonyl (C=O) groups is 1. The van der Waals surface area contributed by atoms with E-state index in [4.69, 9.17) is 0 Å². The van der Waals surface area contributed by atoms with Crippen LogP contribution in [0.2, 0.25) is 0 Å². The van der Waals surface area contributed by atoms with E-state index in [-0.39, 0.29) is 22.9 Å². The maximum atomic E-state index is 11.0. The first-order valence-corrected chi connectivity index (χ1v) is 7.53. The summed E-state index contributed by atoms with van der Waals surface area (Å²) < 4.78 is 4.56. The van der Waals surface area contributed by atoms with Crippen molar-refractivity contribution < 1.29 is 14.6 Å². The molecule has 0 aliphatic heterocycles. The number of ether oxygens (including phenoxy) is 1. The third kappa shape index (κ3) is 1.99. The Bertz CT molecular complexity index is 364. The lowest BCUT2D eigenvalue weighted by Gasteiger charge is -2.40. The monoisotopic (exact) mass is 270 g/mol. The molecule has 18 heavy (non-hydrogen) atoms. The van der Waals surface area contributed by atoms with Gasteiger partial charge in [-0.1, -0.05) is 13.8 Å². The second kappa shape index (κ2) is 4.89. The molecule has 3 nitrogen and oxygen atoms in total. The Morgan fingerprint density at radius 2 is 2.28 bits per heavy atom. The summed E-state index contributed by atoms with van der Waals surface area (Å²) in [4.78, 5) is 11.0. The molecule has 2 rings (SSSR count). The quantitative estimate of drug-likeness (QED) is 0.630. The van der Waals surface area contributed by atoms with E-state index in [1.807, 2.05) is 0 Å². The fourth-order valence-electron chi connectivity index (χ4n) is 3.75. The van der Waals surface area contributed by atoms with E-state index < -0.39 is 0 Å². The molecule has 2 aliphatic rings. The van der Waals surface area contributed by atoms with Crippen molar-refractivity contribution in [2.45, 2.75) is 39.2 Å². The van der Waals surface area contributed by atoms with Gasteiger partial charge in [0, 0.05) is 17.2 Å². The van der Waals surface area contributed by atoms with Crippen LogP contribution in [0.4, 0.5) is 0 Å². The molecule has 1 N–H and O–H groups in total. The van der Waals surface area contributed by atoms with Gasteiger partial charge in [-0.05, 0) is 36.0 Å². The normalized spacial score (nSPS) is 37.3. The lowest BCUT2D eigenvalue weighted by atomic mass is 9.70. The van der Waals surface area contributed by atoms with Crippen molar-refractivity contribution in [3.8, 4) is 0 Å². The van der Waals surface area contributed by atoms with Crippen LogP contribution in [-0.4, -0.2) is 30.0 Å². The first-order valence-electron chi connectivity index (χ1n) is 6.48. The van der Waals surface area contributed by atoms with E-state index in [9.17, 15) is 9.90 Å². The Balaban J connectivity index is 1.99. The molecule has 0 heterocycles. The summed E-state index contributed by atoms with van der Waals surface area (Å²) in [6.07, 6.45) is 4.53. The van der Waals surface area contributed by atoms with Crippen LogP contribution < -0.4 is 0 Å². The summed E-state index contributed by atoms with van der Waals surface area (Å²) >= 11 is 1.61. The van der Waals surface area contributed by atoms with Gasteiger partial charge in [-0.25, -0.2) is 4.79 Å². The fraction of sp³-hybridized carbons (Fsp3) is 0.786. The van der Waals surface area contributed by atoms with Gasteiger partial charge in [0.2, 0.25) is 0 Å². The largest absolute Gasteiger partial charge is 0.466 e. The van der Waals surface area contributed by atoms with Crippen LogP contribution >= 0.6 is 11.8 Å². The molecule has 0 spiro atoms. The maximum absolute atomic E-state index is 11.0. The van der Waals surface area contributed by atoms with Crippen molar-refractivity contribution in [3.63, 3.8) is 0 Å². The lowest BCUT2D eigenvalue weighted by molar-refractivity contribution is -0.134. The lowest BCUT2D eigenvalue weighted by Crippen LogP contribution is -2.40. The van der Waals surface area contributed by atoms with Crippen molar-refractivity contribution >= 4 is 17.7 Å². The Morgan fingerprint density at radius 3 is 2.78 bits per heavy atom. The first-order chi connectivity index (χ1) is 8.44. The Labute approximate surface area is 113 Å². The van der Waals surface area contributed by atoms with Gasteiger partial charge in [-0.15, -0.1) is 11.8 Å².